The van der Waals surface area contributed by atoms with Crippen molar-refractivity contribution in [3.8, 4) is 0 Å². The second-order valence-corrected chi connectivity index (χ2v) is 1.91. The summed E-state index contributed by atoms with van der Waals surface area (Å²) >= 11 is 0. The second-order valence-electron chi connectivity index (χ2n) is 1.91. The molecule has 0 aliphatic rings. The average Bonchev–Trinajstić information content (AvgIpc) is 2.11. The minimum Gasteiger partial charge on any atom is -0.468 e. The van der Waals surface area contributed by atoms with Crippen molar-refractivity contribution in [3.05, 3.63) is 12.3 Å². The molecule has 0 heterocycles. The average molecular weight is 173 g/mol. The topological polar surface area (TPSA) is 78.6 Å². The lowest BCUT2D eigenvalue weighted by atomic mass is 10.1. The molecule has 0 aliphatic carbocycles. The van der Waals surface area contributed by atoms with E-state index in [0.717, 1.165) is 6.20 Å². The van der Waals surface area contributed by atoms with Crippen molar-refractivity contribution in [2.75, 3.05) is 14.2 Å². The first-order valence-corrected chi connectivity index (χ1v) is 3.21. The van der Waals surface area contributed by atoms with Crippen molar-refractivity contribution in [2.45, 2.75) is 0 Å². The van der Waals surface area contributed by atoms with Gasteiger partial charge in [-0.05, 0) is 12.3 Å². The maximum atomic E-state index is 10.9. The molecule has 5 heteroatoms. The van der Waals surface area contributed by atoms with E-state index in [9.17, 15) is 9.59 Å². The SMILES string of the molecule is COC(=O)C(C=CN)C(=O)OC. The Balaban J connectivity index is 4.43. The van der Waals surface area contributed by atoms with Crippen LogP contribution in [0.5, 0.6) is 0 Å². The standard InChI is InChI=1S/C7H11NO4/c1-11-6(9)5(3-4-8)7(10)12-2/h3-5H,8H2,1-2H3. The van der Waals surface area contributed by atoms with Crippen molar-refractivity contribution < 1.29 is 19.1 Å². The number of carbonyl (C=O) groups is 2. The molecule has 0 atom stereocenters. The van der Waals surface area contributed by atoms with Crippen molar-refractivity contribution in [3.63, 3.8) is 0 Å². The molecule has 0 aromatic rings. The molecule has 0 fully saturated rings. The lowest BCUT2D eigenvalue weighted by Gasteiger charge is -2.06. The summed E-state index contributed by atoms with van der Waals surface area (Å²) in [6, 6.07) is 0. The second kappa shape index (κ2) is 5.17. The van der Waals surface area contributed by atoms with E-state index in [2.05, 4.69) is 9.47 Å². The zero-order valence-corrected chi connectivity index (χ0v) is 6.94. The Morgan fingerprint density at radius 3 is 1.92 bits per heavy atom. The fraction of sp³-hybridized carbons (Fsp3) is 0.429. The highest BCUT2D eigenvalue weighted by Gasteiger charge is 2.25. The number of rotatable bonds is 3. The van der Waals surface area contributed by atoms with Crippen molar-refractivity contribution >= 4 is 11.9 Å². The zero-order chi connectivity index (χ0) is 9.56. The Hall–Kier alpha value is -1.52. The van der Waals surface area contributed by atoms with E-state index in [1.165, 1.54) is 20.3 Å². The first-order valence-electron chi connectivity index (χ1n) is 3.21. The summed E-state index contributed by atoms with van der Waals surface area (Å²) in [5.41, 5.74) is 5.02. The Morgan fingerprint density at radius 2 is 1.67 bits per heavy atom. The predicted octanol–water partition coefficient (Wildman–Crippen LogP) is -0.579. The van der Waals surface area contributed by atoms with Gasteiger partial charge < -0.3 is 15.2 Å². The summed E-state index contributed by atoms with van der Waals surface area (Å²) in [5, 5.41) is 0. The molecular formula is C7H11NO4. The molecule has 2 N–H and O–H groups in total. The summed E-state index contributed by atoms with van der Waals surface area (Å²) in [6.07, 6.45) is 2.30. The first kappa shape index (κ1) is 10.5. The Labute approximate surface area is 70.1 Å². The highest BCUT2D eigenvalue weighted by atomic mass is 16.5. The van der Waals surface area contributed by atoms with Gasteiger partial charge in [0.25, 0.3) is 0 Å². The number of hydrogen-bond donors (Lipinski definition) is 1. The predicted molar refractivity (Wildman–Crippen MR) is 40.8 cm³/mol. The quantitative estimate of drug-likeness (QED) is 0.456. The van der Waals surface area contributed by atoms with Crippen molar-refractivity contribution in [2.24, 2.45) is 11.7 Å². The molecule has 0 aromatic carbocycles. The molecule has 0 aliphatic heterocycles. The molecule has 0 spiro atoms. The van der Waals surface area contributed by atoms with Crippen molar-refractivity contribution in [1.29, 1.82) is 0 Å². The van der Waals surface area contributed by atoms with Gasteiger partial charge in [-0.15, -0.1) is 0 Å². The van der Waals surface area contributed by atoms with Gasteiger partial charge >= 0.3 is 11.9 Å². The highest BCUT2D eigenvalue weighted by Crippen LogP contribution is 2.03. The molecule has 12 heavy (non-hydrogen) atoms. The van der Waals surface area contributed by atoms with Crippen LogP contribution in [-0.4, -0.2) is 26.2 Å². The molecule has 0 saturated carbocycles. The van der Waals surface area contributed by atoms with E-state index in [0.29, 0.717) is 0 Å². The monoisotopic (exact) mass is 173 g/mol. The van der Waals surface area contributed by atoms with Crippen LogP contribution in [-0.2, 0) is 19.1 Å². The number of ether oxygens (including phenoxy) is 2. The highest BCUT2D eigenvalue weighted by molar-refractivity contribution is 5.96. The Kier molecular flexibility index (Phi) is 4.52. The third kappa shape index (κ3) is 2.61. The fourth-order valence-electron chi connectivity index (χ4n) is 0.618. The summed E-state index contributed by atoms with van der Waals surface area (Å²) in [6.45, 7) is 0. The summed E-state index contributed by atoms with van der Waals surface area (Å²) < 4.78 is 8.68. The zero-order valence-electron chi connectivity index (χ0n) is 6.94. The van der Waals surface area contributed by atoms with E-state index in [-0.39, 0.29) is 0 Å². The van der Waals surface area contributed by atoms with Crippen LogP contribution in [0.2, 0.25) is 0 Å². The minimum absolute atomic E-state index is 0.691. The van der Waals surface area contributed by atoms with Crippen LogP contribution in [0.1, 0.15) is 0 Å². The molecule has 0 saturated heterocycles. The van der Waals surface area contributed by atoms with Crippen molar-refractivity contribution in [1.82, 2.24) is 0 Å². The number of methoxy groups -OCH3 is 2. The van der Waals surface area contributed by atoms with Gasteiger partial charge in [0, 0.05) is 0 Å². The number of carbonyl (C=O) groups excluding carboxylic acids is 2. The van der Waals surface area contributed by atoms with E-state index >= 15 is 0 Å². The molecule has 68 valence electrons. The fourth-order valence-corrected chi connectivity index (χ4v) is 0.618. The first-order chi connectivity index (χ1) is 5.67. The molecule has 0 amide bonds. The van der Waals surface area contributed by atoms with Gasteiger partial charge in [0.15, 0.2) is 5.92 Å². The third-order valence-corrected chi connectivity index (χ3v) is 1.21. The molecular weight excluding hydrogens is 162 g/mol. The van der Waals surface area contributed by atoms with Gasteiger partial charge in [-0.3, -0.25) is 9.59 Å². The van der Waals surface area contributed by atoms with Crippen LogP contribution >= 0.6 is 0 Å². The Morgan fingerprint density at radius 1 is 1.25 bits per heavy atom. The van der Waals surface area contributed by atoms with E-state index in [1.807, 2.05) is 0 Å². The maximum absolute atomic E-state index is 10.9. The normalized spacial score (nSPS) is 10.2. The molecule has 0 bridgehead atoms. The van der Waals surface area contributed by atoms with Crippen LogP contribution in [0.15, 0.2) is 12.3 Å². The number of esters is 2. The van der Waals surface area contributed by atoms with Gasteiger partial charge in [-0.25, -0.2) is 0 Å². The van der Waals surface area contributed by atoms with Gasteiger partial charge in [0.05, 0.1) is 14.2 Å². The molecule has 0 radical (unpaired) electrons. The number of hydrogen-bond acceptors (Lipinski definition) is 5. The Bertz CT molecular complexity index is 184. The minimum atomic E-state index is -1.06. The summed E-state index contributed by atoms with van der Waals surface area (Å²) in [5.74, 6) is -2.45. The van der Waals surface area contributed by atoms with Crippen LogP contribution < -0.4 is 5.73 Å². The van der Waals surface area contributed by atoms with E-state index in [4.69, 9.17) is 5.73 Å². The molecule has 0 aromatic heterocycles. The van der Waals surface area contributed by atoms with Crippen LogP contribution in [0, 0.1) is 5.92 Å². The summed E-state index contributed by atoms with van der Waals surface area (Å²) in [7, 11) is 2.37. The van der Waals surface area contributed by atoms with Gasteiger partial charge in [-0.1, -0.05) is 0 Å². The lowest BCUT2D eigenvalue weighted by Crippen LogP contribution is -2.24. The molecule has 0 rings (SSSR count). The summed E-state index contributed by atoms with van der Waals surface area (Å²) in [4.78, 5) is 21.7. The van der Waals surface area contributed by atoms with E-state index < -0.39 is 17.9 Å². The molecule has 0 unspecified atom stereocenters. The molecule has 5 nitrogen and oxygen atoms in total. The maximum Gasteiger partial charge on any atom is 0.324 e. The van der Waals surface area contributed by atoms with E-state index in [1.54, 1.807) is 0 Å². The lowest BCUT2D eigenvalue weighted by molar-refractivity contribution is -0.156. The van der Waals surface area contributed by atoms with Gasteiger partial charge in [0.1, 0.15) is 0 Å². The largest absolute Gasteiger partial charge is 0.468 e. The van der Waals surface area contributed by atoms with Crippen LogP contribution in [0.25, 0.3) is 0 Å². The van der Waals surface area contributed by atoms with Gasteiger partial charge in [0.2, 0.25) is 0 Å². The van der Waals surface area contributed by atoms with Crippen LogP contribution in [0.3, 0.4) is 0 Å². The smallest absolute Gasteiger partial charge is 0.324 e. The third-order valence-electron chi connectivity index (χ3n) is 1.21. The van der Waals surface area contributed by atoms with Crippen LogP contribution in [0.4, 0.5) is 0 Å². The number of nitrogens with two attached hydrogens (primary N) is 1. The van der Waals surface area contributed by atoms with Gasteiger partial charge in [-0.2, -0.15) is 0 Å².